The highest BCUT2D eigenvalue weighted by Gasteiger charge is 2.19. The van der Waals surface area contributed by atoms with Gasteiger partial charge in [0.2, 0.25) is 0 Å². The average molecular weight is 344 g/mol. The summed E-state index contributed by atoms with van der Waals surface area (Å²) in [6.45, 7) is 8.72. The van der Waals surface area contributed by atoms with Gasteiger partial charge in [-0.25, -0.2) is 4.79 Å². The van der Waals surface area contributed by atoms with Crippen LogP contribution >= 0.6 is 11.3 Å². The lowest BCUT2D eigenvalue weighted by atomic mass is 9.85. The van der Waals surface area contributed by atoms with Gasteiger partial charge in [0.25, 0.3) is 0 Å². The maximum Gasteiger partial charge on any atom is 0.330 e. The van der Waals surface area contributed by atoms with Crippen LogP contribution in [0.1, 0.15) is 38.1 Å². The highest BCUT2D eigenvalue weighted by atomic mass is 32.1. The van der Waals surface area contributed by atoms with Gasteiger partial charge in [-0.05, 0) is 54.3 Å². The molecule has 24 heavy (non-hydrogen) atoms. The number of thiophene rings is 1. The highest BCUT2D eigenvalue weighted by Crippen LogP contribution is 2.37. The first-order valence-electron chi connectivity index (χ1n) is 7.98. The molecule has 0 saturated heterocycles. The van der Waals surface area contributed by atoms with Gasteiger partial charge in [0.05, 0.1) is 13.7 Å². The minimum Gasteiger partial charge on any atom is -0.496 e. The lowest BCUT2D eigenvalue weighted by Crippen LogP contribution is -2.12. The van der Waals surface area contributed by atoms with Crippen LogP contribution in [0.2, 0.25) is 0 Å². The van der Waals surface area contributed by atoms with E-state index in [0.29, 0.717) is 6.61 Å². The van der Waals surface area contributed by atoms with Crippen LogP contribution in [-0.4, -0.2) is 19.7 Å². The van der Waals surface area contributed by atoms with E-state index in [1.165, 1.54) is 11.6 Å². The molecular formula is C20H24O3S. The van der Waals surface area contributed by atoms with E-state index in [1.54, 1.807) is 31.4 Å². The molecule has 0 spiro atoms. The van der Waals surface area contributed by atoms with Crippen molar-refractivity contribution in [3.05, 3.63) is 46.8 Å². The lowest BCUT2D eigenvalue weighted by Gasteiger charge is -2.22. The molecule has 0 N–H and O–H groups in total. The number of esters is 1. The number of benzene rings is 1. The van der Waals surface area contributed by atoms with Crippen molar-refractivity contribution in [2.24, 2.45) is 0 Å². The van der Waals surface area contributed by atoms with Gasteiger partial charge >= 0.3 is 5.97 Å². The van der Waals surface area contributed by atoms with E-state index >= 15 is 0 Å². The molecule has 0 amide bonds. The Balaban J connectivity index is 2.29. The summed E-state index contributed by atoms with van der Waals surface area (Å²) in [7, 11) is 1.70. The molecule has 3 nitrogen and oxygen atoms in total. The summed E-state index contributed by atoms with van der Waals surface area (Å²) in [5.41, 5.74) is 2.34. The monoisotopic (exact) mass is 344 g/mol. The molecule has 2 aromatic rings. The summed E-state index contributed by atoms with van der Waals surface area (Å²) in [5, 5.41) is 0. The number of carbonyl (C=O) groups excluding carboxylic acids is 1. The zero-order chi connectivity index (χ0) is 17.7. The molecule has 2 rings (SSSR count). The largest absolute Gasteiger partial charge is 0.496 e. The van der Waals surface area contributed by atoms with E-state index in [-0.39, 0.29) is 11.4 Å². The topological polar surface area (TPSA) is 35.5 Å². The maximum absolute atomic E-state index is 11.4. The fourth-order valence-electron chi connectivity index (χ4n) is 2.39. The second kappa shape index (κ2) is 7.67. The Morgan fingerprint density at radius 1 is 1.21 bits per heavy atom. The number of ether oxygens (including phenoxy) is 2. The molecular weight excluding hydrogens is 320 g/mol. The smallest absolute Gasteiger partial charge is 0.330 e. The predicted octanol–water partition coefficient (Wildman–Crippen LogP) is 5.30. The molecule has 1 heterocycles. The third-order valence-corrected chi connectivity index (χ3v) is 4.69. The van der Waals surface area contributed by atoms with Gasteiger partial charge in [0.15, 0.2) is 0 Å². The van der Waals surface area contributed by atoms with E-state index in [2.05, 4.69) is 39.0 Å². The van der Waals surface area contributed by atoms with E-state index in [9.17, 15) is 4.79 Å². The highest BCUT2D eigenvalue weighted by molar-refractivity contribution is 7.16. The Bertz CT molecular complexity index is 736. The van der Waals surface area contributed by atoms with Crippen LogP contribution in [0.4, 0.5) is 0 Å². The molecule has 0 aliphatic heterocycles. The van der Waals surface area contributed by atoms with Crippen LogP contribution in [0.15, 0.2) is 36.4 Å². The fraction of sp³-hybridized carbons (Fsp3) is 0.350. The van der Waals surface area contributed by atoms with Gasteiger partial charge in [0.1, 0.15) is 5.75 Å². The van der Waals surface area contributed by atoms with Crippen molar-refractivity contribution in [3.63, 3.8) is 0 Å². The first kappa shape index (κ1) is 18.3. The third-order valence-electron chi connectivity index (χ3n) is 3.59. The Morgan fingerprint density at radius 2 is 1.96 bits per heavy atom. The Morgan fingerprint density at radius 3 is 2.58 bits per heavy atom. The van der Waals surface area contributed by atoms with Gasteiger partial charge in [-0.1, -0.05) is 20.8 Å². The summed E-state index contributed by atoms with van der Waals surface area (Å²) >= 11 is 1.64. The first-order valence-corrected chi connectivity index (χ1v) is 8.80. The van der Waals surface area contributed by atoms with Crippen molar-refractivity contribution in [2.45, 2.75) is 33.1 Å². The van der Waals surface area contributed by atoms with Crippen molar-refractivity contribution in [1.82, 2.24) is 0 Å². The minimum atomic E-state index is -0.313. The number of rotatable bonds is 5. The predicted molar refractivity (Wildman–Crippen MR) is 101 cm³/mol. The summed E-state index contributed by atoms with van der Waals surface area (Å²) in [5.74, 6) is 0.595. The Hall–Kier alpha value is -2.07. The lowest BCUT2D eigenvalue weighted by molar-refractivity contribution is -0.137. The van der Waals surface area contributed by atoms with Gasteiger partial charge in [-0.15, -0.1) is 11.3 Å². The quantitative estimate of drug-likeness (QED) is 0.545. The normalized spacial score (nSPS) is 11.7. The number of hydrogen-bond acceptors (Lipinski definition) is 4. The molecule has 0 atom stereocenters. The van der Waals surface area contributed by atoms with Gasteiger partial charge in [-0.3, -0.25) is 0 Å². The summed E-state index contributed by atoms with van der Waals surface area (Å²) in [6.07, 6.45) is 3.26. The average Bonchev–Trinajstić information content (AvgIpc) is 3.01. The Kier molecular flexibility index (Phi) is 5.84. The number of hydrogen-bond donors (Lipinski definition) is 0. The zero-order valence-corrected chi connectivity index (χ0v) is 15.7. The van der Waals surface area contributed by atoms with Gasteiger partial charge in [0, 0.05) is 21.4 Å². The summed E-state index contributed by atoms with van der Waals surface area (Å²) in [6, 6.07) is 10.4. The molecule has 0 unspecified atom stereocenters. The minimum absolute atomic E-state index is 0.00521. The number of methoxy groups -OCH3 is 1. The summed E-state index contributed by atoms with van der Waals surface area (Å²) in [4.78, 5) is 13.6. The van der Waals surface area contributed by atoms with E-state index in [1.807, 2.05) is 12.1 Å². The van der Waals surface area contributed by atoms with E-state index in [0.717, 1.165) is 21.1 Å². The third kappa shape index (κ3) is 4.48. The van der Waals surface area contributed by atoms with Crippen molar-refractivity contribution in [2.75, 3.05) is 13.7 Å². The molecule has 0 saturated carbocycles. The van der Waals surface area contributed by atoms with Gasteiger partial charge in [-0.2, -0.15) is 0 Å². The van der Waals surface area contributed by atoms with Crippen molar-refractivity contribution in [1.29, 1.82) is 0 Å². The SMILES string of the molecule is CCOC(=O)C=Cc1ccc(-c2ccc(OC)c(C(C)(C)C)c2)s1. The molecule has 0 bridgehead atoms. The van der Waals surface area contributed by atoms with Gasteiger partial charge < -0.3 is 9.47 Å². The van der Waals surface area contributed by atoms with Crippen molar-refractivity contribution >= 4 is 23.4 Å². The molecule has 0 aliphatic rings. The molecule has 4 heteroatoms. The van der Waals surface area contributed by atoms with E-state index in [4.69, 9.17) is 9.47 Å². The molecule has 0 aliphatic carbocycles. The second-order valence-electron chi connectivity index (χ2n) is 6.45. The molecule has 128 valence electrons. The standard InChI is InChI=1S/C20H24O3S/c1-6-23-19(21)12-9-15-8-11-18(24-15)14-7-10-17(22-5)16(13-14)20(2,3)4/h7-13H,6H2,1-5H3. The molecule has 1 aromatic heterocycles. The van der Waals surface area contributed by atoms with Crippen molar-refractivity contribution in [3.8, 4) is 16.2 Å². The van der Waals surface area contributed by atoms with Crippen LogP contribution < -0.4 is 4.74 Å². The number of carbonyl (C=O) groups is 1. The molecule has 1 aromatic carbocycles. The molecule has 0 radical (unpaired) electrons. The molecule has 0 fully saturated rings. The van der Waals surface area contributed by atoms with Crippen LogP contribution in [0, 0.1) is 0 Å². The summed E-state index contributed by atoms with van der Waals surface area (Å²) < 4.78 is 10.4. The van der Waals surface area contributed by atoms with E-state index < -0.39 is 0 Å². The maximum atomic E-state index is 11.4. The van der Waals surface area contributed by atoms with Crippen LogP contribution in [-0.2, 0) is 14.9 Å². The van der Waals surface area contributed by atoms with Crippen LogP contribution in [0.5, 0.6) is 5.75 Å². The zero-order valence-electron chi connectivity index (χ0n) is 14.9. The fourth-order valence-corrected chi connectivity index (χ4v) is 3.29. The van der Waals surface area contributed by atoms with Crippen LogP contribution in [0.3, 0.4) is 0 Å². The second-order valence-corrected chi connectivity index (χ2v) is 7.57. The van der Waals surface area contributed by atoms with Crippen LogP contribution in [0.25, 0.3) is 16.5 Å². The van der Waals surface area contributed by atoms with Crippen molar-refractivity contribution < 1.29 is 14.3 Å². The Labute approximate surface area is 147 Å². The first-order chi connectivity index (χ1) is 11.3.